The molecule has 1 rings (SSSR count). The third-order valence-corrected chi connectivity index (χ3v) is 1.79. The maximum Gasteiger partial charge on any atom is 0.324 e. The van der Waals surface area contributed by atoms with Gasteiger partial charge in [-0.2, -0.15) is 9.97 Å². The summed E-state index contributed by atoms with van der Waals surface area (Å²) < 4.78 is 10.6. The molecular weight excluding hydrogens is 224 g/mol. The molecule has 0 aliphatic carbocycles. The highest BCUT2D eigenvalue weighted by molar-refractivity contribution is 5.26. The number of anilines is 1. The summed E-state index contributed by atoms with van der Waals surface area (Å²) in [5.41, 5.74) is 0. The predicted octanol–water partition coefficient (Wildman–Crippen LogP) is 0.463. The Hall–Kier alpha value is -1.63. The van der Waals surface area contributed by atoms with Gasteiger partial charge in [0.1, 0.15) is 0 Å². The van der Waals surface area contributed by atoms with Crippen LogP contribution in [0, 0.1) is 0 Å². The molecule has 7 heteroatoms. The van der Waals surface area contributed by atoms with E-state index >= 15 is 0 Å². The molecule has 1 heterocycles. The van der Waals surface area contributed by atoms with Gasteiger partial charge in [0.05, 0.1) is 13.2 Å². The average molecular weight is 242 g/mol. The van der Waals surface area contributed by atoms with Crippen molar-refractivity contribution in [3.8, 4) is 12.0 Å². The van der Waals surface area contributed by atoms with Gasteiger partial charge in [0.25, 0.3) is 0 Å². The van der Waals surface area contributed by atoms with Gasteiger partial charge in [-0.25, -0.2) is 0 Å². The van der Waals surface area contributed by atoms with Gasteiger partial charge in [-0.1, -0.05) is 6.92 Å². The van der Waals surface area contributed by atoms with Gasteiger partial charge in [-0.3, -0.25) is 0 Å². The number of aromatic nitrogens is 3. The molecule has 96 valence electrons. The molecule has 1 aromatic heterocycles. The lowest BCUT2D eigenvalue weighted by molar-refractivity contribution is 0.219. The molecule has 0 aliphatic rings. The lowest BCUT2D eigenvalue weighted by atomic mass is 10.5. The van der Waals surface area contributed by atoms with Crippen LogP contribution in [0.3, 0.4) is 0 Å². The van der Waals surface area contributed by atoms with Crippen LogP contribution in [-0.2, 0) is 0 Å². The maximum atomic E-state index is 8.65. The van der Waals surface area contributed by atoms with Crippen molar-refractivity contribution in [2.45, 2.75) is 19.8 Å². The van der Waals surface area contributed by atoms with Gasteiger partial charge >= 0.3 is 12.0 Å². The fourth-order valence-corrected chi connectivity index (χ4v) is 1.00. The van der Waals surface area contributed by atoms with Crippen LogP contribution >= 0.6 is 0 Å². The zero-order valence-electron chi connectivity index (χ0n) is 10.1. The van der Waals surface area contributed by atoms with E-state index < -0.39 is 0 Å². The van der Waals surface area contributed by atoms with E-state index in [1.165, 1.54) is 0 Å². The number of aliphatic hydroxyl groups is 1. The Labute approximate surface area is 100 Å². The number of rotatable bonds is 8. The van der Waals surface area contributed by atoms with Crippen LogP contribution in [0.1, 0.15) is 19.8 Å². The van der Waals surface area contributed by atoms with Crippen molar-refractivity contribution in [1.29, 1.82) is 0 Å². The van der Waals surface area contributed by atoms with Crippen molar-refractivity contribution in [3.05, 3.63) is 0 Å². The molecule has 0 aromatic carbocycles. The van der Waals surface area contributed by atoms with Crippen molar-refractivity contribution < 1.29 is 14.6 Å². The monoisotopic (exact) mass is 242 g/mol. The summed E-state index contributed by atoms with van der Waals surface area (Å²) in [7, 11) is 1.70. The van der Waals surface area contributed by atoms with Crippen LogP contribution in [0.5, 0.6) is 12.0 Å². The van der Waals surface area contributed by atoms with Crippen molar-refractivity contribution in [2.24, 2.45) is 0 Å². The zero-order valence-corrected chi connectivity index (χ0v) is 10.1. The standard InChI is InChI=1S/C10H18N4O3/c1-3-6-16-9-12-8(11-2)13-10(14-9)17-7-4-5-15/h15H,3-7H2,1-2H3,(H,11,12,13,14). The van der Waals surface area contributed by atoms with Gasteiger partial charge < -0.3 is 19.9 Å². The number of ether oxygens (including phenoxy) is 2. The lowest BCUT2D eigenvalue weighted by Crippen LogP contribution is -2.08. The third kappa shape index (κ3) is 4.81. The second kappa shape index (κ2) is 7.61. The summed E-state index contributed by atoms with van der Waals surface area (Å²) in [5, 5.41) is 11.4. The van der Waals surface area contributed by atoms with Crippen LogP contribution in [0.4, 0.5) is 5.95 Å². The maximum absolute atomic E-state index is 8.65. The van der Waals surface area contributed by atoms with Gasteiger partial charge in [-0.15, -0.1) is 4.98 Å². The Morgan fingerprint density at radius 1 is 1.12 bits per heavy atom. The molecule has 0 spiro atoms. The minimum atomic E-state index is 0.0726. The lowest BCUT2D eigenvalue weighted by Gasteiger charge is -2.07. The molecule has 0 saturated heterocycles. The van der Waals surface area contributed by atoms with E-state index in [0.29, 0.717) is 25.6 Å². The summed E-state index contributed by atoms with van der Waals surface area (Å²) in [4.78, 5) is 12.0. The number of nitrogens with zero attached hydrogens (tertiary/aromatic N) is 3. The Bertz CT molecular complexity index is 335. The molecule has 0 radical (unpaired) electrons. The third-order valence-electron chi connectivity index (χ3n) is 1.79. The number of hydrogen-bond donors (Lipinski definition) is 2. The molecule has 0 atom stereocenters. The molecule has 17 heavy (non-hydrogen) atoms. The quantitative estimate of drug-likeness (QED) is 0.640. The van der Waals surface area contributed by atoms with Crippen molar-refractivity contribution >= 4 is 5.95 Å². The normalized spacial score (nSPS) is 10.1. The fraction of sp³-hybridized carbons (Fsp3) is 0.700. The van der Waals surface area contributed by atoms with E-state index in [-0.39, 0.29) is 18.6 Å². The molecule has 7 nitrogen and oxygen atoms in total. The molecule has 0 unspecified atom stereocenters. The molecular formula is C10H18N4O3. The van der Waals surface area contributed by atoms with Gasteiger partial charge in [0.15, 0.2) is 0 Å². The molecule has 0 amide bonds. The van der Waals surface area contributed by atoms with Gasteiger partial charge in [0.2, 0.25) is 5.95 Å². The average Bonchev–Trinajstić information content (AvgIpc) is 2.36. The van der Waals surface area contributed by atoms with E-state index in [1.54, 1.807) is 7.05 Å². The summed E-state index contributed by atoms with van der Waals surface area (Å²) in [6.45, 7) is 2.97. The van der Waals surface area contributed by atoms with Crippen molar-refractivity contribution in [2.75, 3.05) is 32.2 Å². The van der Waals surface area contributed by atoms with E-state index in [1.807, 2.05) is 6.92 Å². The summed E-state index contributed by atoms with van der Waals surface area (Å²) >= 11 is 0. The largest absolute Gasteiger partial charge is 0.463 e. The van der Waals surface area contributed by atoms with Crippen LogP contribution in [0.2, 0.25) is 0 Å². The first-order chi connectivity index (χ1) is 8.30. The smallest absolute Gasteiger partial charge is 0.324 e. The first-order valence-electron chi connectivity index (χ1n) is 5.60. The predicted molar refractivity (Wildman–Crippen MR) is 62.4 cm³/mol. The molecule has 2 N–H and O–H groups in total. The highest BCUT2D eigenvalue weighted by Crippen LogP contribution is 2.12. The summed E-state index contributed by atoms with van der Waals surface area (Å²) in [5.74, 6) is 0.394. The fourth-order valence-electron chi connectivity index (χ4n) is 1.00. The Morgan fingerprint density at radius 3 is 2.29 bits per heavy atom. The molecule has 0 fully saturated rings. The number of nitrogens with one attached hydrogen (secondary N) is 1. The topological polar surface area (TPSA) is 89.4 Å². The van der Waals surface area contributed by atoms with Crippen molar-refractivity contribution in [3.63, 3.8) is 0 Å². The second-order valence-corrected chi connectivity index (χ2v) is 3.25. The van der Waals surface area contributed by atoms with Crippen molar-refractivity contribution in [1.82, 2.24) is 15.0 Å². The van der Waals surface area contributed by atoms with Crippen LogP contribution in [-0.4, -0.2) is 46.9 Å². The first-order valence-corrected chi connectivity index (χ1v) is 5.60. The van der Waals surface area contributed by atoms with Gasteiger partial charge in [-0.05, 0) is 6.42 Å². The zero-order chi connectivity index (χ0) is 12.5. The van der Waals surface area contributed by atoms with Crippen LogP contribution in [0.25, 0.3) is 0 Å². The molecule has 0 saturated carbocycles. The Kier molecular flexibility index (Phi) is 6.02. The SMILES string of the molecule is CCCOc1nc(NC)nc(OCCCO)n1. The summed E-state index contributed by atoms with van der Waals surface area (Å²) in [6, 6.07) is 0.439. The molecule has 1 aromatic rings. The van der Waals surface area contributed by atoms with E-state index in [9.17, 15) is 0 Å². The summed E-state index contributed by atoms with van der Waals surface area (Å²) in [6.07, 6.45) is 1.41. The highest BCUT2D eigenvalue weighted by Gasteiger charge is 2.07. The second-order valence-electron chi connectivity index (χ2n) is 3.25. The minimum absolute atomic E-state index is 0.0726. The minimum Gasteiger partial charge on any atom is -0.463 e. The molecule has 0 bridgehead atoms. The molecule has 0 aliphatic heterocycles. The Balaban J connectivity index is 2.67. The van der Waals surface area contributed by atoms with E-state index in [4.69, 9.17) is 14.6 Å². The van der Waals surface area contributed by atoms with Crippen LogP contribution < -0.4 is 14.8 Å². The first kappa shape index (κ1) is 13.4. The highest BCUT2D eigenvalue weighted by atomic mass is 16.5. The number of aliphatic hydroxyl groups excluding tert-OH is 1. The van der Waals surface area contributed by atoms with Crippen LogP contribution in [0.15, 0.2) is 0 Å². The Morgan fingerprint density at radius 2 is 1.76 bits per heavy atom. The van der Waals surface area contributed by atoms with Gasteiger partial charge in [0, 0.05) is 20.1 Å². The number of hydrogen-bond acceptors (Lipinski definition) is 7. The van der Waals surface area contributed by atoms with E-state index in [2.05, 4.69) is 20.3 Å². The van der Waals surface area contributed by atoms with E-state index in [0.717, 1.165) is 6.42 Å².